The molecule has 0 fully saturated rings. The molecular formula is C20H24ClFN2O3. The molecule has 0 unspecified atom stereocenters. The minimum absolute atomic E-state index is 0.250. The number of aromatic nitrogens is 1. The van der Waals surface area contributed by atoms with Crippen LogP contribution in [0.25, 0.3) is 11.1 Å². The maximum absolute atomic E-state index is 14.7. The summed E-state index contributed by atoms with van der Waals surface area (Å²) in [7, 11) is 1.27. The van der Waals surface area contributed by atoms with Crippen molar-refractivity contribution in [2.45, 2.75) is 46.3 Å². The third-order valence-electron chi connectivity index (χ3n) is 4.06. The maximum atomic E-state index is 14.7. The van der Waals surface area contributed by atoms with Crippen molar-refractivity contribution < 1.29 is 18.7 Å². The highest BCUT2D eigenvalue weighted by Gasteiger charge is 2.33. The van der Waals surface area contributed by atoms with Crippen LogP contribution in [0.4, 0.5) is 10.2 Å². The molecule has 0 radical (unpaired) electrons. The smallest absolute Gasteiger partial charge is 0.339 e. The van der Waals surface area contributed by atoms with Gasteiger partial charge >= 0.3 is 5.97 Å². The highest BCUT2D eigenvalue weighted by atomic mass is 35.5. The molecular weight excluding hydrogens is 371 g/mol. The van der Waals surface area contributed by atoms with Gasteiger partial charge in [-0.05, 0) is 63.9 Å². The van der Waals surface area contributed by atoms with Gasteiger partial charge in [-0.3, -0.25) is 0 Å². The Bertz CT molecular complexity index is 879. The number of aryl methyl sites for hydroxylation is 1. The average molecular weight is 395 g/mol. The molecule has 27 heavy (non-hydrogen) atoms. The number of hydrogen-bond donors (Lipinski definition) is 1. The lowest BCUT2D eigenvalue weighted by Crippen LogP contribution is -2.29. The number of carbonyl (C=O) groups excluding carboxylic acids is 1. The first kappa shape index (κ1) is 21.1. The fourth-order valence-corrected chi connectivity index (χ4v) is 3.04. The van der Waals surface area contributed by atoms with Gasteiger partial charge in [0.25, 0.3) is 0 Å². The summed E-state index contributed by atoms with van der Waals surface area (Å²) in [5.41, 5.74) is 7.51. The molecule has 0 aliphatic carbocycles. The molecule has 1 aromatic carbocycles. The normalized spacial score (nSPS) is 12.7. The van der Waals surface area contributed by atoms with E-state index >= 15 is 0 Å². The van der Waals surface area contributed by atoms with E-state index in [0.29, 0.717) is 22.4 Å². The molecule has 1 heterocycles. The summed E-state index contributed by atoms with van der Waals surface area (Å²) in [6.45, 7) is 8.87. The highest BCUT2D eigenvalue weighted by molar-refractivity contribution is 6.30. The summed E-state index contributed by atoms with van der Waals surface area (Å²) in [5, 5.41) is 0.268. The fraction of sp³-hybridized carbons (Fsp3) is 0.400. The van der Waals surface area contributed by atoms with E-state index in [1.807, 2.05) is 20.8 Å². The van der Waals surface area contributed by atoms with Crippen molar-refractivity contribution in [3.05, 3.63) is 45.9 Å². The van der Waals surface area contributed by atoms with E-state index in [9.17, 15) is 9.18 Å². The predicted molar refractivity (Wildman–Crippen MR) is 104 cm³/mol. The second-order valence-corrected chi connectivity index (χ2v) is 7.69. The Kier molecular flexibility index (Phi) is 6.12. The van der Waals surface area contributed by atoms with Crippen LogP contribution in [0.3, 0.4) is 0 Å². The molecule has 0 spiro atoms. The van der Waals surface area contributed by atoms with E-state index in [4.69, 9.17) is 26.8 Å². The average Bonchev–Trinajstić information content (AvgIpc) is 2.55. The Labute approximate surface area is 163 Å². The number of carbonyl (C=O) groups is 1. The topological polar surface area (TPSA) is 74.4 Å². The molecule has 5 nitrogen and oxygen atoms in total. The van der Waals surface area contributed by atoms with Gasteiger partial charge in [0.1, 0.15) is 11.6 Å². The number of ether oxygens (including phenoxy) is 2. The van der Waals surface area contributed by atoms with Crippen LogP contribution in [0.1, 0.15) is 43.7 Å². The lowest BCUT2D eigenvalue weighted by Gasteiger charge is -2.29. The van der Waals surface area contributed by atoms with Gasteiger partial charge in [-0.2, -0.15) is 0 Å². The van der Waals surface area contributed by atoms with Crippen LogP contribution in [0.15, 0.2) is 18.2 Å². The quantitative estimate of drug-likeness (QED) is 0.756. The Morgan fingerprint density at radius 3 is 2.44 bits per heavy atom. The molecule has 1 atom stereocenters. The molecule has 1 aromatic heterocycles. The molecule has 7 heteroatoms. The molecule has 2 rings (SSSR count). The number of nitrogen functional groups attached to an aromatic ring is 1. The van der Waals surface area contributed by atoms with Crippen molar-refractivity contribution in [3.8, 4) is 11.1 Å². The molecule has 0 saturated heterocycles. The van der Waals surface area contributed by atoms with Gasteiger partial charge in [0, 0.05) is 21.8 Å². The van der Waals surface area contributed by atoms with E-state index in [2.05, 4.69) is 4.98 Å². The molecule has 2 aromatic rings. The number of rotatable bonds is 4. The van der Waals surface area contributed by atoms with E-state index in [-0.39, 0.29) is 16.4 Å². The van der Waals surface area contributed by atoms with Crippen LogP contribution in [0.5, 0.6) is 0 Å². The summed E-state index contributed by atoms with van der Waals surface area (Å²) < 4.78 is 25.7. The van der Waals surface area contributed by atoms with E-state index in [1.54, 1.807) is 26.0 Å². The van der Waals surface area contributed by atoms with Crippen LogP contribution < -0.4 is 5.73 Å². The summed E-state index contributed by atoms with van der Waals surface area (Å²) in [4.78, 5) is 16.9. The Morgan fingerprint density at radius 1 is 1.30 bits per heavy atom. The first-order chi connectivity index (χ1) is 12.5. The maximum Gasteiger partial charge on any atom is 0.339 e. The van der Waals surface area contributed by atoms with Crippen molar-refractivity contribution in [2.24, 2.45) is 0 Å². The monoisotopic (exact) mass is 394 g/mol. The predicted octanol–water partition coefficient (Wildman–Crippen LogP) is 4.77. The van der Waals surface area contributed by atoms with E-state index in [0.717, 1.165) is 0 Å². The standard InChI is InChI=1S/C20H24ClFN2O3/c1-10-15(13-8-7-12(21)9-14(13)22)16(11(2)24-18(10)23)17(19(25)26-6)27-20(3,4)5/h7-9,17H,1-6H3,(H2,23,24)/t17-/m0/s1. The molecule has 0 bridgehead atoms. The molecule has 0 aliphatic heterocycles. The number of pyridine rings is 1. The molecule has 0 aliphatic rings. The van der Waals surface area contributed by atoms with Gasteiger partial charge in [-0.1, -0.05) is 11.6 Å². The van der Waals surface area contributed by atoms with Crippen LogP contribution in [-0.2, 0) is 14.3 Å². The van der Waals surface area contributed by atoms with Gasteiger partial charge in [-0.15, -0.1) is 0 Å². The van der Waals surface area contributed by atoms with Crippen LogP contribution in [0, 0.1) is 19.7 Å². The van der Waals surface area contributed by atoms with Gasteiger partial charge < -0.3 is 15.2 Å². The molecule has 0 saturated carbocycles. The molecule has 2 N–H and O–H groups in total. The van der Waals surface area contributed by atoms with Gasteiger partial charge in [-0.25, -0.2) is 14.2 Å². The van der Waals surface area contributed by atoms with Crippen molar-refractivity contribution in [1.82, 2.24) is 4.98 Å². The summed E-state index contributed by atoms with van der Waals surface area (Å²) in [6, 6.07) is 4.34. The number of methoxy groups -OCH3 is 1. The zero-order valence-electron chi connectivity index (χ0n) is 16.3. The van der Waals surface area contributed by atoms with Crippen molar-refractivity contribution in [1.29, 1.82) is 0 Å². The SMILES string of the molecule is COC(=O)[C@@H](OC(C)(C)C)c1c(C)nc(N)c(C)c1-c1ccc(Cl)cc1F. The first-order valence-electron chi connectivity index (χ1n) is 8.44. The van der Waals surface area contributed by atoms with E-state index in [1.165, 1.54) is 13.2 Å². The summed E-state index contributed by atoms with van der Waals surface area (Å²) >= 11 is 5.89. The van der Waals surface area contributed by atoms with Crippen LogP contribution >= 0.6 is 11.6 Å². The third-order valence-corrected chi connectivity index (χ3v) is 4.29. The van der Waals surface area contributed by atoms with E-state index < -0.39 is 23.5 Å². The lowest BCUT2D eigenvalue weighted by atomic mass is 9.90. The summed E-state index contributed by atoms with van der Waals surface area (Å²) in [5.74, 6) is -0.884. The number of hydrogen-bond acceptors (Lipinski definition) is 5. The Morgan fingerprint density at radius 2 is 1.93 bits per heavy atom. The number of esters is 1. The first-order valence-corrected chi connectivity index (χ1v) is 8.81. The van der Waals surface area contributed by atoms with Gasteiger partial charge in [0.05, 0.1) is 12.7 Å². The summed E-state index contributed by atoms with van der Waals surface area (Å²) in [6.07, 6.45) is -1.09. The largest absolute Gasteiger partial charge is 0.467 e. The minimum Gasteiger partial charge on any atom is -0.467 e. The number of anilines is 1. The highest BCUT2D eigenvalue weighted by Crippen LogP contribution is 2.40. The minimum atomic E-state index is -1.09. The Hall–Kier alpha value is -2.18. The number of halogens is 2. The van der Waals surface area contributed by atoms with Crippen molar-refractivity contribution in [2.75, 3.05) is 12.8 Å². The molecule has 146 valence electrons. The number of benzene rings is 1. The zero-order chi connectivity index (χ0) is 20.5. The van der Waals surface area contributed by atoms with Gasteiger partial charge in [0.15, 0.2) is 6.10 Å². The Balaban J connectivity index is 2.85. The number of nitrogens with zero attached hydrogens (tertiary/aromatic N) is 1. The number of nitrogens with two attached hydrogens (primary N) is 1. The second-order valence-electron chi connectivity index (χ2n) is 7.25. The van der Waals surface area contributed by atoms with Crippen LogP contribution in [-0.4, -0.2) is 23.7 Å². The third kappa shape index (κ3) is 4.57. The van der Waals surface area contributed by atoms with Crippen molar-refractivity contribution >= 4 is 23.4 Å². The zero-order valence-corrected chi connectivity index (χ0v) is 17.1. The van der Waals surface area contributed by atoms with Crippen LogP contribution in [0.2, 0.25) is 5.02 Å². The fourth-order valence-electron chi connectivity index (χ4n) is 2.88. The molecule has 0 amide bonds. The second kappa shape index (κ2) is 7.82. The van der Waals surface area contributed by atoms with Gasteiger partial charge in [0.2, 0.25) is 0 Å². The van der Waals surface area contributed by atoms with Crippen molar-refractivity contribution in [3.63, 3.8) is 0 Å². The lowest BCUT2D eigenvalue weighted by molar-refractivity contribution is -0.164.